The van der Waals surface area contributed by atoms with Crippen LogP contribution in [0.3, 0.4) is 0 Å². The van der Waals surface area contributed by atoms with Crippen molar-refractivity contribution in [3.05, 3.63) is 11.9 Å². The van der Waals surface area contributed by atoms with Gasteiger partial charge in [0.1, 0.15) is 4.90 Å². The van der Waals surface area contributed by atoms with Crippen molar-refractivity contribution in [2.24, 2.45) is 5.92 Å². The lowest BCUT2D eigenvalue weighted by Gasteiger charge is -2.33. The fourth-order valence-electron chi connectivity index (χ4n) is 2.03. The number of hydrogen-bond donors (Lipinski definition) is 1. The molecule has 0 amide bonds. The Balaban J connectivity index is 2.08. The number of aromatic nitrogens is 2. The van der Waals surface area contributed by atoms with E-state index in [1.54, 1.807) is 14.0 Å². The van der Waals surface area contributed by atoms with E-state index < -0.39 is 10.0 Å². The van der Waals surface area contributed by atoms with Crippen LogP contribution in [0.2, 0.25) is 0 Å². The first-order valence-corrected chi connectivity index (χ1v) is 7.39. The first-order chi connectivity index (χ1) is 7.91. The van der Waals surface area contributed by atoms with Crippen molar-refractivity contribution in [2.45, 2.75) is 30.0 Å². The molecule has 1 aromatic rings. The number of aryl methyl sites for hydroxylation is 1. The molecule has 0 bridgehead atoms. The topological polar surface area (TPSA) is 66.1 Å². The largest absolute Gasteiger partial charge is 0.281 e. The molecule has 17 heavy (non-hydrogen) atoms. The van der Waals surface area contributed by atoms with Crippen molar-refractivity contribution in [1.82, 2.24) is 14.5 Å². The van der Waals surface area contributed by atoms with E-state index in [2.05, 4.69) is 10.2 Å². The van der Waals surface area contributed by atoms with Gasteiger partial charge in [0, 0.05) is 19.0 Å². The van der Waals surface area contributed by atoms with E-state index in [1.807, 2.05) is 0 Å². The minimum atomic E-state index is -3.42. The third kappa shape index (κ3) is 2.48. The molecular formula is C10H16ClN3O2S. The summed E-state index contributed by atoms with van der Waals surface area (Å²) in [5, 5.41) is 6.60. The number of aromatic amines is 1. The first kappa shape index (κ1) is 12.9. The van der Waals surface area contributed by atoms with Crippen LogP contribution in [0, 0.1) is 12.8 Å². The summed E-state index contributed by atoms with van der Waals surface area (Å²) in [5.74, 6) is 0.379. The Morgan fingerprint density at radius 1 is 1.59 bits per heavy atom. The molecule has 1 heterocycles. The van der Waals surface area contributed by atoms with Gasteiger partial charge in [-0.25, -0.2) is 12.7 Å². The van der Waals surface area contributed by atoms with Crippen LogP contribution in [0.4, 0.5) is 0 Å². The van der Waals surface area contributed by atoms with Crippen molar-refractivity contribution >= 4 is 21.6 Å². The number of nitrogens with zero attached hydrogens (tertiary/aromatic N) is 2. The van der Waals surface area contributed by atoms with Crippen molar-refractivity contribution in [3.8, 4) is 0 Å². The van der Waals surface area contributed by atoms with Crippen LogP contribution in [0.1, 0.15) is 18.5 Å². The summed E-state index contributed by atoms with van der Waals surface area (Å²) in [5.41, 5.74) is 0.570. The second kappa shape index (κ2) is 4.59. The lowest BCUT2D eigenvalue weighted by atomic mass is 9.85. The number of halogens is 1. The molecule has 0 aliphatic heterocycles. The second-order valence-electron chi connectivity index (χ2n) is 4.58. The average molecular weight is 278 g/mol. The van der Waals surface area contributed by atoms with E-state index in [4.69, 9.17) is 11.6 Å². The zero-order valence-corrected chi connectivity index (χ0v) is 11.4. The minimum Gasteiger partial charge on any atom is -0.281 e. The summed E-state index contributed by atoms with van der Waals surface area (Å²) in [6, 6.07) is 0. The Bertz CT molecular complexity index is 493. The Morgan fingerprint density at radius 3 is 2.71 bits per heavy atom. The van der Waals surface area contributed by atoms with Gasteiger partial charge in [-0.2, -0.15) is 5.10 Å². The summed E-state index contributed by atoms with van der Waals surface area (Å²) in [4.78, 5) is 0.252. The molecular weight excluding hydrogens is 262 g/mol. The zero-order chi connectivity index (χ0) is 12.6. The molecule has 0 atom stereocenters. The van der Waals surface area contributed by atoms with Crippen molar-refractivity contribution in [2.75, 3.05) is 13.6 Å². The monoisotopic (exact) mass is 277 g/mol. The molecule has 1 aliphatic carbocycles. The van der Waals surface area contributed by atoms with E-state index in [0.717, 1.165) is 12.8 Å². The van der Waals surface area contributed by atoms with Crippen LogP contribution in [-0.4, -0.2) is 41.9 Å². The van der Waals surface area contributed by atoms with E-state index in [1.165, 1.54) is 10.5 Å². The normalized spacial score (nSPS) is 24.9. The molecule has 2 rings (SSSR count). The maximum absolute atomic E-state index is 12.2. The number of nitrogens with one attached hydrogen (secondary N) is 1. The number of sulfonamides is 1. The lowest BCUT2D eigenvalue weighted by molar-refractivity contribution is 0.268. The lowest BCUT2D eigenvalue weighted by Crippen LogP contribution is -2.38. The fourth-order valence-corrected chi connectivity index (χ4v) is 3.90. The summed E-state index contributed by atoms with van der Waals surface area (Å²) >= 11 is 5.88. The number of alkyl halides is 1. The van der Waals surface area contributed by atoms with Crippen LogP contribution in [0.25, 0.3) is 0 Å². The highest BCUT2D eigenvalue weighted by atomic mass is 35.5. The first-order valence-electron chi connectivity index (χ1n) is 5.51. The Morgan fingerprint density at radius 2 is 2.24 bits per heavy atom. The van der Waals surface area contributed by atoms with Crippen molar-refractivity contribution in [1.29, 1.82) is 0 Å². The highest BCUT2D eigenvalue weighted by Gasteiger charge is 2.32. The third-order valence-electron chi connectivity index (χ3n) is 3.17. The summed E-state index contributed by atoms with van der Waals surface area (Å²) in [7, 11) is -1.82. The molecule has 1 aliphatic rings. The molecule has 1 aromatic heterocycles. The van der Waals surface area contributed by atoms with E-state index in [0.29, 0.717) is 18.2 Å². The van der Waals surface area contributed by atoms with Gasteiger partial charge in [-0.1, -0.05) is 0 Å². The number of hydrogen-bond acceptors (Lipinski definition) is 3. The maximum atomic E-state index is 12.2. The molecule has 0 saturated heterocycles. The molecule has 0 aromatic carbocycles. The van der Waals surface area contributed by atoms with Gasteiger partial charge >= 0.3 is 0 Å². The smallest absolute Gasteiger partial charge is 0.246 e. The molecule has 5 nitrogen and oxygen atoms in total. The number of H-pyrrole nitrogens is 1. The molecule has 1 saturated carbocycles. The zero-order valence-electron chi connectivity index (χ0n) is 9.85. The Hall–Kier alpha value is -0.590. The highest BCUT2D eigenvalue weighted by molar-refractivity contribution is 7.89. The van der Waals surface area contributed by atoms with Crippen LogP contribution in [0.15, 0.2) is 11.1 Å². The van der Waals surface area contributed by atoms with E-state index in [-0.39, 0.29) is 10.3 Å². The summed E-state index contributed by atoms with van der Waals surface area (Å²) in [6.07, 6.45) is 3.14. The van der Waals surface area contributed by atoms with Crippen LogP contribution >= 0.6 is 11.6 Å². The van der Waals surface area contributed by atoms with Gasteiger partial charge in [0.05, 0.1) is 11.9 Å². The van der Waals surface area contributed by atoms with Gasteiger partial charge in [0.15, 0.2) is 0 Å². The molecule has 1 fully saturated rings. The Labute approximate surface area is 106 Å². The van der Waals surface area contributed by atoms with E-state index >= 15 is 0 Å². The number of rotatable bonds is 4. The van der Waals surface area contributed by atoms with Crippen LogP contribution in [-0.2, 0) is 10.0 Å². The molecule has 0 unspecified atom stereocenters. The van der Waals surface area contributed by atoms with Gasteiger partial charge in [0.25, 0.3) is 0 Å². The predicted octanol–water partition coefficient (Wildman–Crippen LogP) is 1.36. The minimum absolute atomic E-state index is 0.215. The summed E-state index contributed by atoms with van der Waals surface area (Å²) in [6.45, 7) is 2.22. The van der Waals surface area contributed by atoms with Crippen LogP contribution < -0.4 is 0 Å². The van der Waals surface area contributed by atoms with Crippen molar-refractivity contribution < 1.29 is 8.42 Å². The van der Waals surface area contributed by atoms with Crippen molar-refractivity contribution in [3.63, 3.8) is 0 Å². The molecule has 1 N–H and O–H groups in total. The SMILES string of the molecule is Cc1[nH]ncc1S(=O)(=O)N(C)CC1CC(Cl)C1. The third-order valence-corrected chi connectivity index (χ3v) is 5.46. The summed E-state index contributed by atoms with van der Waals surface area (Å²) < 4.78 is 25.8. The molecule has 7 heteroatoms. The molecule has 0 radical (unpaired) electrons. The highest BCUT2D eigenvalue weighted by Crippen LogP contribution is 2.33. The quantitative estimate of drug-likeness (QED) is 0.845. The average Bonchev–Trinajstić information content (AvgIpc) is 2.62. The van der Waals surface area contributed by atoms with Gasteiger partial charge in [-0.3, -0.25) is 5.10 Å². The van der Waals surface area contributed by atoms with E-state index in [9.17, 15) is 8.42 Å². The molecule has 0 spiro atoms. The second-order valence-corrected chi connectivity index (χ2v) is 7.21. The van der Waals surface area contributed by atoms with Gasteiger partial charge in [-0.15, -0.1) is 11.6 Å². The van der Waals surface area contributed by atoms with Gasteiger partial charge in [0.2, 0.25) is 10.0 Å². The Kier molecular flexibility index (Phi) is 3.47. The fraction of sp³-hybridized carbons (Fsp3) is 0.700. The van der Waals surface area contributed by atoms with Gasteiger partial charge in [-0.05, 0) is 25.7 Å². The standard InChI is InChI=1S/C10H16ClN3O2S/c1-7-10(5-12-13-7)17(15,16)14(2)6-8-3-9(11)4-8/h5,8-9H,3-4,6H2,1-2H3,(H,12,13). The van der Waals surface area contributed by atoms with Gasteiger partial charge < -0.3 is 0 Å². The van der Waals surface area contributed by atoms with Crippen LogP contribution in [0.5, 0.6) is 0 Å². The maximum Gasteiger partial charge on any atom is 0.246 e. The molecule has 96 valence electrons. The predicted molar refractivity (Wildman–Crippen MR) is 65.5 cm³/mol.